The summed E-state index contributed by atoms with van der Waals surface area (Å²) < 4.78 is 0. The lowest BCUT2D eigenvalue weighted by atomic mass is 10.00. The van der Waals surface area contributed by atoms with E-state index in [1.54, 1.807) is 24.7 Å². The first-order valence-electron chi connectivity index (χ1n) is 9.86. The molecule has 29 heavy (non-hydrogen) atoms. The van der Waals surface area contributed by atoms with Crippen LogP contribution in [0.1, 0.15) is 24.1 Å². The molecule has 1 aromatic carbocycles. The van der Waals surface area contributed by atoms with Crippen molar-refractivity contribution in [3.05, 3.63) is 60.2 Å². The first-order chi connectivity index (χ1) is 14.1. The number of carbonyl (C=O) groups is 2. The Morgan fingerprint density at radius 1 is 1.10 bits per heavy atom. The maximum absolute atomic E-state index is 13.2. The molecule has 1 aliphatic carbocycles. The van der Waals surface area contributed by atoms with Gasteiger partial charge in [0.05, 0.1) is 11.1 Å². The second kappa shape index (κ2) is 8.13. The monoisotopic (exact) mass is 392 g/mol. The van der Waals surface area contributed by atoms with E-state index in [2.05, 4.69) is 14.9 Å². The molecule has 0 atom stereocenters. The molecule has 1 saturated heterocycles. The molecule has 7 nitrogen and oxygen atoms in total. The fourth-order valence-corrected chi connectivity index (χ4v) is 3.86. The number of carbonyl (C=O) groups excluding carboxylic acids is 2. The highest BCUT2D eigenvalue weighted by Gasteiger charge is 2.54. The third kappa shape index (κ3) is 3.91. The summed E-state index contributed by atoms with van der Waals surface area (Å²) in [5, 5.41) is 8.91. The molecule has 0 spiro atoms. The summed E-state index contributed by atoms with van der Waals surface area (Å²) in [5.74, 6) is -0.173. The van der Waals surface area contributed by atoms with Gasteiger partial charge in [-0.1, -0.05) is 18.2 Å². The van der Waals surface area contributed by atoms with Gasteiger partial charge in [-0.15, -0.1) is 0 Å². The molecule has 0 radical (unpaired) electrons. The van der Waals surface area contributed by atoms with Crippen molar-refractivity contribution in [1.29, 1.82) is 0 Å². The van der Waals surface area contributed by atoms with E-state index in [9.17, 15) is 9.59 Å². The van der Waals surface area contributed by atoms with Crippen LogP contribution in [0, 0.1) is 0 Å². The molecule has 0 unspecified atom stereocenters. The fourth-order valence-electron chi connectivity index (χ4n) is 3.86. The molecule has 1 N–H and O–H groups in total. The fraction of sp³-hybridized carbons (Fsp3) is 0.364. The van der Waals surface area contributed by atoms with Crippen molar-refractivity contribution in [2.45, 2.75) is 18.3 Å². The summed E-state index contributed by atoms with van der Waals surface area (Å²) >= 11 is 0. The SMILES string of the molecule is O=C(/C=C/c1ccccc1N1CCN(C(=O)C2(c3cnccn3)CC2)CC1)CO. The van der Waals surface area contributed by atoms with Gasteiger partial charge in [0, 0.05) is 50.5 Å². The first-order valence-corrected chi connectivity index (χ1v) is 9.86. The van der Waals surface area contributed by atoms with Gasteiger partial charge in [0.2, 0.25) is 5.91 Å². The number of hydrogen-bond donors (Lipinski definition) is 1. The van der Waals surface area contributed by atoms with Crippen molar-refractivity contribution < 1.29 is 14.7 Å². The van der Waals surface area contributed by atoms with Gasteiger partial charge in [-0.25, -0.2) is 0 Å². The van der Waals surface area contributed by atoms with Gasteiger partial charge in [-0.05, 0) is 36.6 Å². The van der Waals surface area contributed by atoms with E-state index in [4.69, 9.17) is 5.11 Å². The Labute approximate surface area is 169 Å². The van der Waals surface area contributed by atoms with Crippen molar-refractivity contribution in [3.63, 3.8) is 0 Å². The van der Waals surface area contributed by atoms with Crippen molar-refractivity contribution >= 4 is 23.5 Å². The maximum Gasteiger partial charge on any atom is 0.235 e. The Kier molecular flexibility index (Phi) is 5.40. The van der Waals surface area contributed by atoms with E-state index in [1.165, 1.54) is 6.08 Å². The van der Waals surface area contributed by atoms with Gasteiger partial charge < -0.3 is 14.9 Å². The minimum Gasteiger partial charge on any atom is -0.388 e. The number of piperazine rings is 1. The van der Waals surface area contributed by atoms with Crippen LogP contribution in [0.5, 0.6) is 0 Å². The molecular formula is C22H24N4O3. The van der Waals surface area contributed by atoms with Gasteiger partial charge in [0.15, 0.2) is 5.78 Å². The number of aromatic nitrogens is 2. The number of aliphatic hydroxyl groups is 1. The third-order valence-corrected chi connectivity index (χ3v) is 5.66. The number of ketones is 1. The van der Waals surface area contributed by atoms with E-state index in [-0.39, 0.29) is 11.7 Å². The molecule has 1 amide bonds. The summed E-state index contributed by atoms with van der Waals surface area (Å²) in [7, 11) is 0. The van der Waals surface area contributed by atoms with Gasteiger partial charge in [0.1, 0.15) is 6.61 Å². The summed E-state index contributed by atoms with van der Waals surface area (Å²) in [6.45, 7) is 2.25. The average Bonchev–Trinajstić information content (AvgIpc) is 3.60. The molecule has 1 aliphatic heterocycles. The zero-order valence-corrected chi connectivity index (χ0v) is 16.2. The highest BCUT2D eigenvalue weighted by molar-refractivity contribution is 5.95. The number of anilines is 1. The normalized spacial score (nSPS) is 18.1. The molecule has 1 aromatic heterocycles. The van der Waals surface area contributed by atoms with Crippen LogP contribution < -0.4 is 4.90 Å². The molecule has 1 saturated carbocycles. The second-order valence-electron chi connectivity index (χ2n) is 7.47. The quantitative estimate of drug-likeness (QED) is 0.749. The molecule has 2 aromatic rings. The van der Waals surface area contributed by atoms with Gasteiger partial charge in [-0.2, -0.15) is 0 Å². The van der Waals surface area contributed by atoms with Crippen LogP contribution in [0.4, 0.5) is 5.69 Å². The van der Waals surface area contributed by atoms with E-state index >= 15 is 0 Å². The zero-order chi connectivity index (χ0) is 20.3. The van der Waals surface area contributed by atoms with E-state index in [0.29, 0.717) is 13.1 Å². The number of benzene rings is 1. The summed E-state index contributed by atoms with van der Waals surface area (Å²) in [5.41, 5.74) is 2.24. The number of nitrogens with zero attached hydrogens (tertiary/aromatic N) is 4. The third-order valence-electron chi connectivity index (χ3n) is 5.66. The number of rotatable bonds is 6. The summed E-state index contributed by atoms with van der Waals surface area (Å²) in [6, 6.07) is 7.85. The number of para-hydroxylation sites is 1. The highest BCUT2D eigenvalue weighted by Crippen LogP contribution is 2.48. The van der Waals surface area contributed by atoms with Gasteiger partial charge in [-0.3, -0.25) is 19.6 Å². The Bertz CT molecular complexity index is 917. The maximum atomic E-state index is 13.2. The van der Waals surface area contributed by atoms with E-state index < -0.39 is 12.0 Å². The molecule has 2 aliphatic rings. The highest BCUT2D eigenvalue weighted by atomic mass is 16.3. The molecular weight excluding hydrogens is 368 g/mol. The Hall–Kier alpha value is -3.06. The van der Waals surface area contributed by atoms with Crippen molar-refractivity contribution in [3.8, 4) is 0 Å². The molecule has 2 heterocycles. The minimum absolute atomic E-state index is 0.152. The van der Waals surface area contributed by atoms with Gasteiger partial charge in [0.25, 0.3) is 0 Å². The zero-order valence-electron chi connectivity index (χ0n) is 16.2. The topological polar surface area (TPSA) is 86.6 Å². The molecule has 150 valence electrons. The van der Waals surface area contributed by atoms with Gasteiger partial charge >= 0.3 is 0 Å². The molecule has 4 rings (SSSR count). The lowest BCUT2D eigenvalue weighted by Gasteiger charge is -2.38. The predicted molar refractivity (Wildman–Crippen MR) is 109 cm³/mol. The average molecular weight is 392 g/mol. The van der Waals surface area contributed by atoms with Crippen molar-refractivity contribution in [1.82, 2.24) is 14.9 Å². The summed E-state index contributed by atoms with van der Waals surface area (Å²) in [4.78, 5) is 37.2. The Morgan fingerprint density at radius 3 is 2.52 bits per heavy atom. The lowest BCUT2D eigenvalue weighted by Crippen LogP contribution is -2.51. The Balaban J connectivity index is 1.44. The van der Waals surface area contributed by atoms with Crippen molar-refractivity contribution in [2.24, 2.45) is 0 Å². The molecule has 0 bridgehead atoms. The Morgan fingerprint density at radius 2 is 1.86 bits per heavy atom. The van der Waals surface area contributed by atoms with Crippen molar-refractivity contribution in [2.75, 3.05) is 37.7 Å². The second-order valence-corrected chi connectivity index (χ2v) is 7.47. The molecule has 7 heteroatoms. The van der Waals surface area contributed by atoms with Crippen LogP contribution >= 0.6 is 0 Å². The smallest absolute Gasteiger partial charge is 0.235 e. The predicted octanol–water partition coefficient (Wildman–Crippen LogP) is 1.43. The first kappa shape index (κ1) is 19.3. The van der Waals surface area contributed by atoms with Crippen LogP contribution in [0.2, 0.25) is 0 Å². The number of aliphatic hydroxyl groups excluding tert-OH is 1. The van der Waals surface area contributed by atoms with E-state index in [1.807, 2.05) is 29.2 Å². The van der Waals surface area contributed by atoms with Crippen LogP contribution in [0.15, 0.2) is 48.9 Å². The molecule has 2 fully saturated rings. The standard InChI is InChI=1S/C22H24N4O3/c27-16-18(28)6-5-17-3-1-2-4-19(17)25-11-13-26(14-12-25)21(29)22(7-8-22)20-15-23-9-10-24-20/h1-6,9-10,15,27H,7-8,11-14,16H2/b6-5+. The number of amides is 1. The van der Waals surface area contributed by atoms with Crippen LogP contribution in [-0.2, 0) is 15.0 Å². The van der Waals surface area contributed by atoms with Crippen LogP contribution in [0.25, 0.3) is 6.08 Å². The summed E-state index contributed by atoms with van der Waals surface area (Å²) in [6.07, 6.45) is 9.77. The van der Waals surface area contributed by atoms with Crippen LogP contribution in [0.3, 0.4) is 0 Å². The lowest BCUT2D eigenvalue weighted by molar-refractivity contribution is -0.134. The minimum atomic E-state index is -0.493. The largest absolute Gasteiger partial charge is 0.388 e. The van der Waals surface area contributed by atoms with Crippen LogP contribution in [-0.4, -0.2) is 64.5 Å². The number of hydrogen-bond acceptors (Lipinski definition) is 6. The van der Waals surface area contributed by atoms with E-state index in [0.717, 1.165) is 42.9 Å².